The summed E-state index contributed by atoms with van der Waals surface area (Å²) in [5.74, 6) is -0.0173. The first-order valence-corrected chi connectivity index (χ1v) is 8.93. The lowest BCUT2D eigenvalue weighted by atomic mass is 9.98. The number of aromatic nitrogens is 1. The molecule has 0 atom stereocenters. The van der Waals surface area contributed by atoms with Crippen LogP contribution < -0.4 is 10.9 Å². The van der Waals surface area contributed by atoms with Gasteiger partial charge in [0.05, 0.1) is 4.60 Å². The highest BCUT2D eigenvalue weighted by molar-refractivity contribution is 9.10. The zero-order valence-corrected chi connectivity index (χ0v) is 15.2. The number of anilines is 1. The number of benzene rings is 2. The van der Waals surface area contributed by atoms with Crippen LogP contribution in [0.15, 0.2) is 70.1 Å². The third-order valence-electron chi connectivity index (χ3n) is 4.45. The molecule has 26 heavy (non-hydrogen) atoms. The first-order chi connectivity index (χ1) is 12.6. The predicted octanol–water partition coefficient (Wildman–Crippen LogP) is 4.50. The van der Waals surface area contributed by atoms with Crippen molar-refractivity contribution in [2.45, 2.75) is 5.92 Å². The number of aromatic amines is 1. The SMILES string of the molecule is O=C(Nc1ccc(Br)[nH]c1=O)OCC1c2ccccc2-c2ccccc21. The summed E-state index contributed by atoms with van der Waals surface area (Å²) >= 11 is 3.17. The summed E-state index contributed by atoms with van der Waals surface area (Å²) in [4.78, 5) is 26.5. The van der Waals surface area contributed by atoms with Crippen LogP contribution in [0.2, 0.25) is 0 Å². The van der Waals surface area contributed by atoms with Gasteiger partial charge in [-0.2, -0.15) is 0 Å². The predicted molar refractivity (Wildman–Crippen MR) is 103 cm³/mol. The van der Waals surface area contributed by atoms with Gasteiger partial charge in [0.15, 0.2) is 0 Å². The van der Waals surface area contributed by atoms with Gasteiger partial charge in [0, 0.05) is 5.92 Å². The van der Waals surface area contributed by atoms with E-state index in [1.807, 2.05) is 24.3 Å². The Morgan fingerprint density at radius 2 is 1.62 bits per heavy atom. The molecular formula is C20H15BrN2O3. The Bertz CT molecular complexity index is 999. The molecule has 1 aliphatic carbocycles. The number of amides is 1. The molecule has 0 saturated carbocycles. The fourth-order valence-corrected chi connectivity index (χ4v) is 3.60. The topological polar surface area (TPSA) is 71.2 Å². The van der Waals surface area contributed by atoms with E-state index in [1.165, 1.54) is 17.2 Å². The van der Waals surface area contributed by atoms with Crippen molar-refractivity contribution in [3.63, 3.8) is 0 Å². The smallest absolute Gasteiger partial charge is 0.411 e. The summed E-state index contributed by atoms with van der Waals surface area (Å²) in [6, 6.07) is 19.4. The van der Waals surface area contributed by atoms with Crippen LogP contribution in [0.1, 0.15) is 17.0 Å². The Balaban J connectivity index is 1.51. The van der Waals surface area contributed by atoms with E-state index in [0.717, 1.165) is 11.1 Å². The molecule has 0 saturated heterocycles. The number of ether oxygens (including phenoxy) is 1. The first-order valence-electron chi connectivity index (χ1n) is 8.14. The molecule has 6 heteroatoms. The average Bonchev–Trinajstić information content (AvgIpc) is 2.96. The van der Waals surface area contributed by atoms with Gasteiger partial charge >= 0.3 is 6.09 Å². The molecule has 0 fully saturated rings. The number of fused-ring (bicyclic) bond motifs is 3. The number of rotatable bonds is 3. The second-order valence-electron chi connectivity index (χ2n) is 6.00. The van der Waals surface area contributed by atoms with Crippen molar-refractivity contribution >= 4 is 27.7 Å². The summed E-state index contributed by atoms with van der Waals surface area (Å²) < 4.78 is 5.96. The van der Waals surface area contributed by atoms with Crippen molar-refractivity contribution in [3.05, 3.63) is 86.7 Å². The number of hydrogen-bond acceptors (Lipinski definition) is 3. The van der Waals surface area contributed by atoms with Crippen LogP contribution in [0.3, 0.4) is 0 Å². The van der Waals surface area contributed by atoms with Crippen molar-refractivity contribution in [2.24, 2.45) is 0 Å². The number of halogens is 1. The minimum atomic E-state index is -0.653. The maximum absolute atomic E-state index is 12.1. The quantitative estimate of drug-likeness (QED) is 0.624. The van der Waals surface area contributed by atoms with E-state index < -0.39 is 11.7 Å². The van der Waals surface area contributed by atoms with Crippen LogP contribution in [-0.4, -0.2) is 17.7 Å². The molecular weight excluding hydrogens is 396 g/mol. The van der Waals surface area contributed by atoms with E-state index in [2.05, 4.69) is 50.5 Å². The van der Waals surface area contributed by atoms with Gasteiger partial charge in [-0.25, -0.2) is 4.79 Å². The monoisotopic (exact) mass is 410 g/mol. The maximum Gasteiger partial charge on any atom is 0.411 e. The van der Waals surface area contributed by atoms with Gasteiger partial charge in [-0.05, 0) is 50.3 Å². The number of hydrogen-bond donors (Lipinski definition) is 2. The Morgan fingerprint density at radius 3 is 2.23 bits per heavy atom. The third kappa shape index (κ3) is 3.04. The normalized spacial score (nSPS) is 12.3. The van der Waals surface area contributed by atoms with Crippen LogP contribution in [-0.2, 0) is 4.74 Å². The van der Waals surface area contributed by atoms with Crippen molar-refractivity contribution in [3.8, 4) is 11.1 Å². The molecule has 1 amide bonds. The van der Waals surface area contributed by atoms with Gasteiger partial charge in [-0.3, -0.25) is 10.1 Å². The Morgan fingerprint density at radius 1 is 1.00 bits per heavy atom. The van der Waals surface area contributed by atoms with Crippen LogP contribution >= 0.6 is 15.9 Å². The van der Waals surface area contributed by atoms with E-state index in [4.69, 9.17) is 4.74 Å². The lowest BCUT2D eigenvalue weighted by molar-refractivity contribution is 0.158. The van der Waals surface area contributed by atoms with Gasteiger partial charge in [-0.15, -0.1) is 0 Å². The molecule has 2 N–H and O–H groups in total. The summed E-state index contributed by atoms with van der Waals surface area (Å²) in [6.07, 6.45) is -0.653. The number of H-pyrrole nitrogens is 1. The fourth-order valence-electron chi connectivity index (χ4n) is 3.29. The third-order valence-corrected chi connectivity index (χ3v) is 4.92. The summed E-state index contributed by atoms with van der Waals surface area (Å²) in [6.45, 7) is 0.203. The van der Waals surface area contributed by atoms with Crippen LogP contribution in [0.25, 0.3) is 11.1 Å². The van der Waals surface area contributed by atoms with Gasteiger partial charge < -0.3 is 9.72 Å². The van der Waals surface area contributed by atoms with E-state index in [9.17, 15) is 9.59 Å². The van der Waals surface area contributed by atoms with Gasteiger partial charge in [0.1, 0.15) is 12.3 Å². The van der Waals surface area contributed by atoms with E-state index in [-0.39, 0.29) is 18.2 Å². The highest BCUT2D eigenvalue weighted by Gasteiger charge is 2.29. The van der Waals surface area contributed by atoms with E-state index >= 15 is 0 Å². The highest BCUT2D eigenvalue weighted by atomic mass is 79.9. The highest BCUT2D eigenvalue weighted by Crippen LogP contribution is 2.44. The molecule has 130 valence electrons. The molecule has 1 aliphatic rings. The molecule has 0 bridgehead atoms. The lowest BCUT2D eigenvalue weighted by Crippen LogP contribution is -2.22. The molecule has 0 aliphatic heterocycles. The number of carbonyl (C=O) groups is 1. The van der Waals surface area contributed by atoms with Crippen molar-refractivity contribution in [2.75, 3.05) is 11.9 Å². The summed E-state index contributed by atoms with van der Waals surface area (Å²) in [5.41, 5.74) is 4.37. The number of nitrogens with one attached hydrogen (secondary N) is 2. The number of carbonyl (C=O) groups excluding carboxylic acids is 1. The Hall–Kier alpha value is -2.86. The number of pyridine rings is 1. The standard InChI is InChI=1S/C20H15BrN2O3/c21-18-10-9-17(19(24)23-18)22-20(25)26-11-16-14-7-3-1-5-12(14)13-6-2-4-8-15(13)16/h1-10,16H,11H2,(H,22,25)(H,23,24). The van der Waals surface area contributed by atoms with Gasteiger partial charge in [-0.1, -0.05) is 48.5 Å². The summed E-state index contributed by atoms with van der Waals surface area (Å²) in [7, 11) is 0. The van der Waals surface area contributed by atoms with E-state index in [1.54, 1.807) is 6.07 Å². The minimum absolute atomic E-state index is 0.0173. The molecule has 3 aromatic rings. The Kier molecular flexibility index (Phi) is 4.34. The average molecular weight is 411 g/mol. The van der Waals surface area contributed by atoms with Crippen molar-refractivity contribution in [1.82, 2.24) is 4.98 Å². The minimum Gasteiger partial charge on any atom is -0.448 e. The Labute approximate surface area is 158 Å². The van der Waals surface area contributed by atoms with Gasteiger partial charge in [0.2, 0.25) is 0 Å². The van der Waals surface area contributed by atoms with Crippen molar-refractivity contribution in [1.29, 1.82) is 0 Å². The molecule has 4 rings (SSSR count). The van der Waals surface area contributed by atoms with Crippen LogP contribution in [0.5, 0.6) is 0 Å². The largest absolute Gasteiger partial charge is 0.448 e. The fraction of sp³-hybridized carbons (Fsp3) is 0.100. The zero-order valence-electron chi connectivity index (χ0n) is 13.7. The molecule has 5 nitrogen and oxygen atoms in total. The van der Waals surface area contributed by atoms with E-state index in [0.29, 0.717) is 4.60 Å². The maximum atomic E-state index is 12.1. The second-order valence-corrected chi connectivity index (χ2v) is 6.85. The van der Waals surface area contributed by atoms with Crippen molar-refractivity contribution < 1.29 is 9.53 Å². The summed E-state index contributed by atoms with van der Waals surface area (Å²) in [5, 5.41) is 2.48. The zero-order chi connectivity index (χ0) is 18.1. The van der Waals surface area contributed by atoms with Crippen LogP contribution in [0, 0.1) is 0 Å². The molecule has 1 aromatic heterocycles. The first kappa shape index (κ1) is 16.6. The lowest BCUT2D eigenvalue weighted by Gasteiger charge is -2.14. The molecule has 0 spiro atoms. The molecule has 2 aromatic carbocycles. The van der Waals surface area contributed by atoms with Crippen LogP contribution in [0.4, 0.5) is 10.5 Å². The van der Waals surface area contributed by atoms with Gasteiger partial charge in [0.25, 0.3) is 5.56 Å². The molecule has 0 radical (unpaired) electrons. The molecule has 0 unspecified atom stereocenters. The second kappa shape index (κ2) is 6.80. The molecule has 1 heterocycles.